The van der Waals surface area contributed by atoms with Crippen LogP contribution in [0, 0.1) is 6.92 Å². The molecular formula is C16H25N3OS. The predicted octanol–water partition coefficient (Wildman–Crippen LogP) is 2.07. The Morgan fingerprint density at radius 2 is 1.86 bits per heavy atom. The third-order valence-electron chi connectivity index (χ3n) is 3.32. The number of amides is 1. The highest BCUT2D eigenvalue weighted by molar-refractivity contribution is 7.80. The number of nitrogens with two attached hydrogens (primary N) is 1. The molecule has 0 atom stereocenters. The Morgan fingerprint density at radius 1 is 1.19 bits per heavy atom. The van der Waals surface area contributed by atoms with Crippen molar-refractivity contribution in [2.75, 3.05) is 33.7 Å². The van der Waals surface area contributed by atoms with Crippen molar-refractivity contribution in [3.8, 4) is 0 Å². The summed E-state index contributed by atoms with van der Waals surface area (Å²) < 4.78 is 0. The maximum atomic E-state index is 12.7. The van der Waals surface area contributed by atoms with Crippen molar-refractivity contribution in [2.45, 2.75) is 19.8 Å². The summed E-state index contributed by atoms with van der Waals surface area (Å²) in [5.41, 5.74) is 7.32. The number of hydrogen-bond acceptors (Lipinski definition) is 3. The molecule has 4 nitrogen and oxygen atoms in total. The fourth-order valence-corrected chi connectivity index (χ4v) is 2.21. The second-order valence-corrected chi connectivity index (χ2v) is 6.00. The van der Waals surface area contributed by atoms with Crippen LogP contribution in [0.3, 0.4) is 0 Å². The smallest absolute Gasteiger partial charge is 0.254 e. The first-order chi connectivity index (χ1) is 9.91. The molecule has 5 heteroatoms. The molecule has 0 aromatic heterocycles. The van der Waals surface area contributed by atoms with Gasteiger partial charge in [-0.3, -0.25) is 4.79 Å². The average molecular weight is 307 g/mol. The highest BCUT2D eigenvalue weighted by Crippen LogP contribution is 2.11. The molecular weight excluding hydrogens is 282 g/mol. The van der Waals surface area contributed by atoms with E-state index in [1.165, 1.54) is 0 Å². The molecule has 116 valence electrons. The zero-order chi connectivity index (χ0) is 15.8. The van der Waals surface area contributed by atoms with Crippen molar-refractivity contribution in [2.24, 2.45) is 5.73 Å². The molecule has 1 rings (SSSR count). The van der Waals surface area contributed by atoms with Crippen molar-refractivity contribution in [1.29, 1.82) is 0 Å². The highest BCUT2D eigenvalue weighted by Gasteiger charge is 2.17. The Kier molecular flexibility index (Phi) is 7.32. The van der Waals surface area contributed by atoms with Crippen LogP contribution in [0.15, 0.2) is 24.3 Å². The van der Waals surface area contributed by atoms with Crippen LogP contribution in [0.25, 0.3) is 0 Å². The molecule has 0 saturated heterocycles. The van der Waals surface area contributed by atoms with Crippen molar-refractivity contribution in [3.63, 3.8) is 0 Å². The van der Waals surface area contributed by atoms with E-state index in [1.807, 2.05) is 50.2 Å². The van der Waals surface area contributed by atoms with E-state index in [0.29, 0.717) is 24.5 Å². The first kappa shape index (κ1) is 17.6. The second kappa shape index (κ2) is 8.74. The van der Waals surface area contributed by atoms with E-state index in [4.69, 9.17) is 18.0 Å². The number of benzene rings is 1. The van der Waals surface area contributed by atoms with Crippen molar-refractivity contribution >= 4 is 23.1 Å². The lowest BCUT2D eigenvalue weighted by molar-refractivity contribution is 0.0754. The normalized spacial score (nSPS) is 10.7. The van der Waals surface area contributed by atoms with Gasteiger partial charge in [-0.2, -0.15) is 0 Å². The number of thiocarbonyl (C=S) groups is 1. The maximum absolute atomic E-state index is 12.7. The van der Waals surface area contributed by atoms with Gasteiger partial charge in [0.25, 0.3) is 5.91 Å². The summed E-state index contributed by atoms with van der Waals surface area (Å²) in [5.74, 6) is 0.0584. The van der Waals surface area contributed by atoms with Crippen LogP contribution in [-0.2, 0) is 0 Å². The SMILES string of the molecule is Cc1ccccc1C(=O)N(CCCN(C)C)CCC(N)=S. The van der Waals surface area contributed by atoms with Gasteiger partial charge in [0.05, 0.1) is 4.99 Å². The van der Waals surface area contributed by atoms with E-state index in [9.17, 15) is 4.79 Å². The molecule has 0 aliphatic heterocycles. The number of nitrogens with zero attached hydrogens (tertiary/aromatic N) is 2. The molecule has 0 bridgehead atoms. The first-order valence-electron chi connectivity index (χ1n) is 7.19. The van der Waals surface area contributed by atoms with Gasteiger partial charge in [0, 0.05) is 25.1 Å². The van der Waals surface area contributed by atoms with Gasteiger partial charge >= 0.3 is 0 Å². The molecule has 0 unspecified atom stereocenters. The Labute approximate surface area is 132 Å². The standard InChI is InChI=1S/C16H25N3OS/c1-13-7-4-5-8-14(13)16(20)19(12-9-15(17)21)11-6-10-18(2)3/h4-5,7-8H,6,9-12H2,1-3H3,(H2,17,21). The van der Waals surface area contributed by atoms with Crippen LogP contribution in [-0.4, -0.2) is 54.4 Å². The highest BCUT2D eigenvalue weighted by atomic mass is 32.1. The van der Waals surface area contributed by atoms with Crippen molar-refractivity contribution in [1.82, 2.24) is 9.80 Å². The van der Waals surface area contributed by atoms with Crippen LogP contribution < -0.4 is 5.73 Å². The lowest BCUT2D eigenvalue weighted by Crippen LogP contribution is -2.36. The van der Waals surface area contributed by atoms with Crippen LogP contribution >= 0.6 is 12.2 Å². The van der Waals surface area contributed by atoms with E-state index < -0.39 is 0 Å². The van der Waals surface area contributed by atoms with Crippen LogP contribution in [0.5, 0.6) is 0 Å². The van der Waals surface area contributed by atoms with Gasteiger partial charge in [-0.05, 0) is 45.6 Å². The zero-order valence-corrected chi connectivity index (χ0v) is 13.9. The quantitative estimate of drug-likeness (QED) is 0.747. The molecule has 0 heterocycles. The predicted molar refractivity (Wildman–Crippen MR) is 91.7 cm³/mol. The number of hydrogen-bond donors (Lipinski definition) is 1. The van der Waals surface area contributed by atoms with E-state index in [0.717, 1.165) is 24.1 Å². The number of carbonyl (C=O) groups excluding carboxylic acids is 1. The fraction of sp³-hybridized carbons (Fsp3) is 0.500. The summed E-state index contributed by atoms with van der Waals surface area (Å²) in [6, 6.07) is 7.67. The van der Waals surface area contributed by atoms with E-state index in [-0.39, 0.29) is 5.91 Å². The molecule has 1 amide bonds. The summed E-state index contributed by atoms with van der Waals surface area (Å²) >= 11 is 4.93. The summed E-state index contributed by atoms with van der Waals surface area (Å²) in [6.45, 7) is 4.20. The zero-order valence-electron chi connectivity index (χ0n) is 13.1. The molecule has 1 aromatic carbocycles. The van der Waals surface area contributed by atoms with Gasteiger partial charge in [-0.15, -0.1) is 0 Å². The van der Waals surface area contributed by atoms with Crippen LogP contribution in [0.2, 0.25) is 0 Å². The van der Waals surface area contributed by atoms with Crippen molar-refractivity contribution < 1.29 is 4.79 Å². The second-order valence-electron chi connectivity index (χ2n) is 5.48. The third-order valence-corrected chi connectivity index (χ3v) is 3.53. The monoisotopic (exact) mass is 307 g/mol. The third kappa shape index (κ3) is 6.23. The van der Waals surface area contributed by atoms with E-state index in [2.05, 4.69) is 4.90 Å². The van der Waals surface area contributed by atoms with Crippen LogP contribution in [0.1, 0.15) is 28.8 Å². The first-order valence-corrected chi connectivity index (χ1v) is 7.60. The maximum Gasteiger partial charge on any atom is 0.254 e. The van der Waals surface area contributed by atoms with E-state index in [1.54, 1.807) is 0 Å². The Hall–Kier alpha value is -1.46. The lowest BCUT2D eigenvalue weighted by Gasteiger charge is -2.24. The summed E-state index contributed by atoms with van der Waals surface area (Å²) in [7, 11) is 4.06. The Bertz CT molecular complexity index is 488. The number of rotatable bonds is 8. The summed E-state index contributed by atoms with van der Waals surface area (Å²) in [5, 5.41) is 0. The van der Waals surface area contributed by atoms with Gasteiger partial charge < -0.3 is 15.5 Å². The van der Waals surface area contributed by atoms with Crippen LogP contribution in [0.4, 0.5) is 0 Å². The summed E-state index contributed by atoms with van der Waals surface area (Å²) in [4.78, 5) is 17.1. The fourth-order valence-electron chi connectivity index (χ4n) is 2.12. The van der Waals surface area contributed by atoms with Gasteiger partial charge in [0.15, 0.2) is 0 Å². The molecule has 0 saturated carbocycles. The minimum atomic E-state index is 0.0584. The molecule has 0 aliphatic rings. The topological polar surface area (TPSA) is 49.6 Å². The largest absolute Gasteiger partial charge is 0.393 e. The Morgan fingerprint density at radius 3 is 2.43 bits per heavy atom. The molecule has 21 heavy (non-hydrogen) atoms. The average Bonchev–Trinajstić information content (AvgIpc) is 2.41. The van der Waals surface area contributed by atoms with E-state index >= 15 is 0 Å². The Balaban J connectivity index is 2.76. The lowest BCUT2D eigenvalue weighted by atomic mass is 10.1. The molecule has 0 aliphatic carbocycles. The minimum absolute atomic E-state index is 0.0584. The molecule has 2 N–H and O–H groups in total. The van der Waals surface area contributed by atoms with Crippen molar-refractivity contribution in [3.05, 3.63) is 35.4 Å². The van der Waals surface area contributed by atoms with Gasteiger partial charge in [0.2, 0.25) is 0 Å². The molecule has 0 fully saturated rings. The molecule has 1 aromatic rings. The van der Waals surface area contributed by atoms with Gasteiger partial charge in [0.1, 0.15) is 0 Å². The van der Waals surface area contributed by atoms with Gasteiger partial charge in [-0.25, -0.2) is 0 Å². The summed E-state index contributed by atoms with van der Waals surface area (Å²) in [6.07, 6.45) is 1.50. The number of carbonyl (C=O) groups is 1. The molecule has 0 radical (unpaired) electrons. The van der Waals surface area contributed by atoms with Gasteiger partial charge in [-0.1, -0.05) is 30.4 Å². The number of aryl methyl sites for hydroxylation is 1. The minimum Gasteiger partial charge on any atom is -0.393 e. The molecule has 0 spiro atoms.